The first-order chi connectivity index (χ1) is 11.5. The molecule has 2 aromatic rings. The highest BCUT2D eigenvalue weighted by Crippen LogP contribution is 2.33. The summed E-state index contributed by atoms with van der Waals surface area (Å²) in [6.07, 6.45) is 0. The van der Waals surface area contributed by atoms with Crippen molar-refractivity contribution in [3.63, 3.8) is 0 Å². The largest absolute Gasteiger partial charge is 0.486 e. The molecule has 0 spiro atoms. The maximum atomic E-state index is 5.75. The second-order valence-corrected chi connectivity index (χ2v) is 6.89. The van der Waals surface area contributed by atoms with Crippen molar-refractivity contribution in [2.75, 3.05) is 13.2 Å². The van der Waals surface area contributed by atoms with Crippen molar-refractivity contribution in [1.29, 1.82) is 0 Å². The standard InChI is InChI=1S/C19H27N3O2/c1-12(2)19(20-11-16-13(3)21-22(5)14(16)4)15-6-7-17-18(10-15)24-9-8-23-17/h6-7,10,12,19-20H,8-9,11H2,1-5H3/p+1/t19-/m0/s1. The van der Waals surface area contributed by atoms with Gasteiger partial charge in [0.2, 0.25) is 0 Å². The zero-order valence-electron chi connectivity index (χ0n) is 15.3. The first-order valence-electron chi connectivity index (χ1n) is 8.69. The highest BCUT2D eigenvalue weighted by atomic mass is 16.6. The molecular formula is C19H28N3O2+. The van der Waals surface area contributed by atoms with E-state index in [-0.39, 0.29) is 0 Å². The van der Waals surface area contributed by atoms with Crippen LogP contribution in [0.1, 0.15) is 42.4 Å². The number of nitrogens with zero attached hydrogens (tertiary/aromatic N) is 2. The Bertz CT molecular complexity index is 722. The average Bonchev–Trinajstić information content (AvgIpc) is 2.80. The van der Waals surface area contributed by atoms with Gasteiger partial charge >= 0.3 is 0 Å². The van der Waals surface area contributed by atoms with Crippen molar-refractivity contribution in [3.05, 3.63) is 40.7 Å². The smallest absolute Gasteiger partial charge is 0.161 e. The molecule has 1 atom stereocenters. The van der Waals surface area contributed by atoms with Crippen molar-refractivity contribution in [2.24, 2.45) is 13.0 Å². The molecule has 5 heteroatoms. The first-order valence-corrected chi connectivity index (χ1v) is 8.69. The van der Waals surface area contributed by atoms with Crippen LogP contribution in [0, 0.1) is 19.8 Å². The molecule has 1 aromatic carbocycles. The zero-order valence-corrected chi connectivity index (χ0v) is 15.3. The van der Waals surface area contributed by atoms with Crippen LogP contribution < -0.4 is 14.8 Å². The third-order valence-corrected chi connectivity index (χ3v) is 4.90. The minimum absolute atomic E-state index is 0.375. The summed E-state index contributed by atoms with van der Waals surface area (Å²) in [5, 5.41) is 6.93. The van der Waals surface area contributed by atoms with E-state index in [4.69, 9.17) is 9.47 Å². The number of fused-ring (bicyclic) bond motifs is 1. The number of nitrogens with two attached hydrogens (primary N) is 1. The Morgan fingerprint density at radius 3 is 2.50 bits per heavy atom. The number of ether oxygens (including phenoxy) is 2. The van der Waals surface area contributed by atoms with Gasteiger partial charge in [-0.05, 0) is 32.0 Å². The summed E-state index contributed by atoms with van der Waals surface area (Å²) in [5.74, 6) is 2.24. The zero-order chi connectivity index (χ0) is 17.3. The third kappa shape index (κ3) is 3.26. The van der Waals surface area contributed by atoms with Gasteiger partial charge in [-0.2, -0.15) is 5.10 Å². The Morgan fingerprint density at radius 1 is 1.17 bits per heavy atom. The van der Waals surface area contributed by atoms with E-state index in [0.717, 1.165) is 23.7 Å². The molecule has 1 aliphatic rings. The van der Waals surface area contributed by atoms with Crippen LogP contribution in [0.2, 0.25) is 0 Å². The number of hydrogen-bond acceptors (Lipinski definition) is 3. The van der Waals surface area contributed by atoms with E-state index in [9.17, 15) is 0 Å². The average molecular weight is 330 g/mol. The third-order valence-electron chi connectivity index (χ3n) is 4.90. The van der Waals surface area contributed by atoms with Crippen LogP contribution in [0.25, 0.3) is 0 Å². The predicted octanol–water partition coefficient (Wildman–Crippen LogP) is 2.27. The van der Waals surface area contributed by atoms with Crippen molar-refractivity contribution in [1.82, 2.24) is 9.78 Å². The Balaban J connectivity index is 1.80. The van der Waals surface area contributed by atoms with E-state index < -0.39 is 0 Å². The topological polar surface area (TPSA) is 52.9 Å². The van der Waals surface area contributed by atoms with Gasteiger partial charge in [0.25, 0.3) is 0 Å². The molecule has 0 radical (unpaired) electrons. The molecule has 1 aromatic heterocycles. The molecular weight excluding hydrogens is 302 g/mol. The number of aromatic nitrogens is 2. The molecule has 0 unspecified atom stereocenters. The fourth-order valence-electron chi connectivity index (χ4n) is 3.42. The molecule has 24 heavy (non-hydrogen) atoms. The summed E-state index contributed by atoms with van der Waals surface area (Å²) in [7, 11) is 2.01. The quantitative estimate of drug-likeness (QED) is 0.915. The monoisotopic (exact) mass is 330 g/mol. The minimum Gasteiger partial charge on any atom is -0.486 e. The molecule has 0 saturated carbocycles. The van der Waals surface area contributed by atoms with Crippen LogP contribution in [0.3, 0.4) is 0 Å². The summed E-state index contributed by atoms with van der Waals surface area (Å²) in [4.78, 5) is 0. The van der Waals surface area contributed by atoms with Crippen LogP contribution >= 0.6 is 0 Å². The summed E-state index contributed by atoms with van der Waals surface area (Å²) >= 11 is 0. The molecule has 3 rings (SSSR count). The van der Waals surface area contributed by atoms with E-state index in [1.807, 2.05) is 17.8 Å². The van der Waals surface area contributed by atoms with Crippen LogP contribution in [0.4, 0.5) is 0 Å². The van der Waals surface area contributed by atoms with Gasteiger partial charge in [-0.15, -0.1) is 0 Å². The van der Waals surface area contributed by atoms with Gasteiger partial charge in [-0.25, -0.2) is 0 Å². The van der Waals surface area contributed by atoms with Crippen molar-refractivity contribution in [2.45, 2.75) is 40.3 Å². The number of aryl methyl sites for hydroxylation is 2. The van der Waals surface area contributed by atoms with Gasteiger partial charge in [0.1, 0.15) is 25.8 Å². The fourth-order valence-corrected chi connectivity index (χ4v) is 3.42. The Hall–Kier alpha value is -2.01. The second-order valence-electron chi connectivity index (χ2n) is 6.89. The molecule has 0 saturated heterocycles. The van der Waals surface area contributed by atoms with E-state index in [0.29, 0.717) is 25.2 Å². The molecule has 1 aliphatic heterocycles. The highest BCUT2D eigenvalue weighted by Gasteiger charge is 2.23. The lowest BCUT2D eigenvalue weighted by atomic mass is 9.95. The SMILES string of the molecule is Cc1nn(C)c(C)c1C[NH2+][C@H](c1ccc2c(c1)OCCO2)C(C)C. The Labute approximate surface area is 144 Å². The van der Waals surface area contributed by atoms with Crippen molar-refractivity contribution < 1.29 is 14.8 Å². The molecule has 0 bridgehead atoms. The summed E-state index contributed by atoms with van der Waals surface area (Å²) in [6.45, 7) is 10.9. The van der Waals surface area contributed by atoms with Gasteiger partial charge in [-0.1, -0.05) is 13.8 Å². The van der Waals surface area contributed by atoms with Crippen LogP contribution in [0.5, 0.6) is 11.5 Å². The molecule has 0 fully saturated rings. The first kappa shape index (κ1) is 16.8. The predicted molar refractivity (Wildman–Crippen MR) is 93.3 cm³/mol. The minimum atomic E-state index is 0.375. The lowest BCUT2D eigenvalue weighted by Gasteiger charge is -2.23. The molecule has 0 aliphatic carbocycles. The van der Waals surface area contributed by atoms with Gasteiger partial charge in [0.05, 0.1) is 5.69 Å². The van der Waals surface area contributed by atoms with Gasteiger partial charge in [0.15, 0.2) is 11.5 Å². The van der Waals surface area contributed by atoms with Gasteiger partial charge < -0.3 is 14.8 Å². The van der Waals surface area contributed by atoms with E-state index in [2.05, 4.69) is 50.2 Å². The lowest BCUT2D eigenvalue weighted by Crippen LogP contribution is -2.84. The normalized spacial score (nSPS) is 14.9. The highest BCUT2D eigenvalue weighted by molar-refractivity contribution is 5.44. The summed E-state index contributed by atoms with van der Waals surface area (Å²) in [6, 6.07) is 6.71. The van der Waals surface area contributed by atoms with E-state index in [1.54, 1.807) is 0 Å². The lowest BCUT2D eigenvalue weighted by molar-refractivity contribution is -0.717. The van der Waals surface area contributed by atoms with Gasteiger partial charge in [0, 0.05) is 29.8 Å². The van der Waals surface area contributed by atoms with Crippen LogP contribution in [-0.2, 0) is 13.6 Å². The van der Waals surface area contributed by atoms with Crippen LogP contribution in [0.15, 0.2) is 18.2 Å². The fraction of sp³-hybridized carbons (Fsp3) is 0.526. The molecule has 2 N–H and O–H groups in total. The van der Waals surface area contributed by atoms with Crippen molar-refractivity contribution >= 4 is 0 Å². The number of benzene rings is 1. The van der Waals surface area contributed by atoms with E-state index >= 15 is 0 Å². The van der Waals surface area contributed by atoms with E-state index in [1.165, 1.54) is 16.8 Å². The number of hydrogen-bond donors (Lipinski definition) is 1. The molecule has 2 heterocycles. The number of rotatable bonds is 5. The number of quaternary nitrogens is 1. The summed E-state index contributed by atoms with van der Waals surface area (Å²) < 4.78 is 13.3. The Morgan fingerprint density at radius 2 is 1.88 bits per heavy atom. The second kappa shape index (κ2) is 6.85. The van der Waals surface area contributed by atoms with Crippen LogP contribution in [-0.4, -0.2) is 23.0 Å². The maximum absolute atomic E-state index is 5.75. The Kier molecular flexibility index (Phi) is 4.81. The summed E-state index contributed by atoms with van der Waals surface area (Å²) in [5.41, 5.74) is 4.98. The maximum Gasteiger partial charge on any atom is 0.161 e. The molecule has 130 valence electrons. The molecule has 0 amide bonds. The van der Waals surface area contributed by atoms with Gasteiger partial charge in [-0.3, -0.25) is 4.68 Å². The molecule has 5 nitrogen and oxygen atoms in total. The van der Waals surface area contributed by atoms with Crippen molar-refractivity contribution in [3.8, 4) is 11.5 Å².